The summed E-state index contributed by atoms with van der Waals surface area (Å²) in [6, 6.07) is 13.3. The maximum absolute atomic E-state index is 12.8. The number of thioether (sulfide) groups is 1. The van der Waals surface area contributed by atoms with Crippen molar-refractivity contribution in [3.63, 3.8) is 0 Å². The Hall–Kier alpha value is -2.84. The Labute approximate surface area is 189 Å². The van der Waals surface area contributed by atoms with Crippen molar-refractivity contribution in [2.24, 2.45) is 0 Å². The predicted octanol–water partition coefficient (Wildman–Crippen LogP) is 4.24. The number of rotatable bonds is 5. The van der Waals surface area contributed by atoms with Gasteiger partial charge < -0.3 is 5.32 Å². The van der Waals surface area contributed by atoms with Crippen LogP contribution >= 0.6 is 23.4 Å². The first-order valence-electron chi connectivity index (χ1n) is 9.90. The Kier molecular flexibility index (Phi) is 6.02. The second kappa shape index (κ2) is 8.72. The maximum atomic E-state index is 12.8. The van der Waals surface area contributed by atoms with E-state index in [-0.39, 0.29) is 11.9 Å². The topological polar surface area (TPSA) is 80.1 Å². The van der Waals surface area contributed by atoms with Crippen molar-refractivity contribution >= 4 is 35.3 Å². The van der Waals surface area contributed by atoms with Gasteiger partial charge in [0.05, 0.1) is 16.0 Å². The summed E-state index contributed by atoms with van der Waals surface area (Å²) in [7, 11) is 0. The minimum atomic E-state index is -0.518. The third kappa shape index (κ3) is 4.18. The van der Waals surface area contributed by atoms with Crippen LogP contribution in [0.3, 0.4) is 0 Å². The molecule has 0 radical (unpaired) electrons. The van der Waals surface area contributed by atoms with Crippen LogP contribution in [0.25, 0.3) is 17.1 Å². The van der Waals surface area contributed by atoms with Gasteiger partial charge in [-0.15, -0.1) is 10.2 Å². The SMILES string of the molecule is Cc1ccc(C)c(-n2c(S[C@H](C)C(=O)N3CCNC3=O)nnc2-c2ccccc2Cl)c1. The number of imide groups is 1. The summed E-state index contributed by atoms with van der Waals surface area (Å²) in [4.78, 5) is 26.0. The third-order valence-electron chi connectivity index (χ3n) is 5.11. The van der Waals surface area contributed by atoms with Crippen LogP contribution in [-0.2, 0) is 4.79 Å². The molecule has 1 aromatic heterocycles. The molecule has 4 rings (SSSR count). The van der Waals surface area contributed by atoms with Crippen LogP contribution in [0.1, 0.15) is 18.1 Å². The van der Waals surface area contributed by atoms with Gasteiger partial charge >= 0.3 is 6.03 Å². The Balaban J connectivity index is 1.78. The molecule has 3 aromatic rings. The monoisotopic (exact) mass is 455 g/mol. The number of carbonyl (C=O) groups excluding carboxylic acids is 2. The van der Waals surface area contributed by atoms with E-state index < -0.39 is 5.25 Å². The number of benzene rings is 2. The molecule has 0 spiro atoms. The molecule has 0 saturated carbocycles. The molecule has 160 valence electrons. The number of nitrogens with zero attached hydrogens (tertiary/aromatic N) is 4. The quantitative estimate of drug-likeness (QED) is 0.582. The van der Waals surface area contributed by atoms with Crippen molar-refractivity contribution < 1.29 is 9.59 Å². The zero-order valence-corrected chi connectivity index (χ0v) is 19.0. The van der Waals surface area contributed by atoms with Gasteiger partial charge in [0.15, 0.2) is 11.0 Å². The summed E-state index contributed by atoms with van der Waals surface area (Å²) in [5.41, 5.74) is 3.80. The number of halogens is 1. The number of aromatic nitrogens is 3. The Morgan fingerprint density at radius 2 is 1.97 bits per heavy atom. The smallest absolute Gasteiger partial charge is 0.324 e. The molecular formula is C22H22ClN5O2S. The Bertz CT molecular complexity index is 1160. The molecule has 1 fully saturated rings. The van der Waals surface area contributed by atoms with E-state index in [0.29, 0.717) is 29.1 Å². The normalized spacial score (nSPS) is 14.6. The van der Waals surface area contributed by atoms with E-state index in [1.54, 1.807) is 6.92 Å². The molecule has 0 unspecified atom stereocenters. The summed E-state index contributed by atoms with van der Waals surface area (Å²) in [5, 5.41) is 12.1. The number of urea groups is 1. The largest absolute Gasteiger partial charge is 0.336 e. The highest BCUT2D eigenvalue weighted by Gasteiger charge is 2.31. The van der Waals surface area contributed by atoms with Crippen molar-refractivity contribution in [3.05, 3.63) is 58.6 Å². The van der Waals surface area contributed by atoms with Gasteiger partial charge in [-0.1, -0.05) is 47.6 Å². The molecule has 0 bridgehead atoms. The molecule has 3 amide bonds. The second-order valence-electron chi connectivity index (χ2n) is 7.39. The molecule has 0 aliphatic carbocycles. The molecule has 9 heteroatoms. The van der Waals surface area contributed by atoms with Crippen LogP contribution in [0.2, 0.25) is 5.02 Å². The van der Waals surface area contributed by atoms with Gasteiger partial charge in [-0.2, -0.15) is 0 Å². The molecule has 2 aromatic carbocycles. The van der Waals surface area contributed by atoms with Crippen LogP contribution in [0.5, 0.6) is 0 Å². The fourth-order valence-corrected chi connectivity index (χ4v) is 4.59. The van der Waals surface area contributed by atoms with Gasteiger partial charge in [0.1, 0.15) is 0 Å². The molecule has 1 N–H and O–H groups in total. The summed E-state index contributed by atoms with van der Waals surface area (Å²) >= 11 is 7.74. The van der Waals surface area contributed by atoms with E-state index in [4.69, 9.17) is 11.6 Å². The summed E-state index contributed by atoms with van der Waals surface area (Å²) in [6.45, 7) is 6.65. The lowest BCUT2D eigenvalue weighted by atomic mass is 10.1. The molecular weight excluding hydrogens is 434 g/mol. The first-order chi connectivity index (χ1) is 14.9. The fraction of sp³-hybridized carbons (Fsp3) is 0.273. The lowest BCUT2D eigenvalue weighted by Gasteiger charge is -2.18. The van der Waals surface area contributed by atoms with Gasteiger partial charge in [0.25, 0.3) is 0 Å². The lowest BCUT2D eigenvalue weighted by molar-refractivity contribution is -0.126. The number of hydrogen-bond acceptors (Lipinski definition) is 5. The highest BCUT2D eigenvalue weighted by molar-refractivity contribution is 8.00. The van der Waals surface area contributed by atoms with Gasteiger partial charge in [-0.3, -0.25) is 14.3 Å². The average Bonchev–Trinajstić information content (AvgIpc) is 3.35. The molecule has 1 saturated heterocycles. The zero-order chi connectivity index (χ0) is 22.1. The maximum Gasteiger partial charge on any atom is 0.324 e. The fourth-order valence-electron chi connectivity index (χ4n) is 3.45. The van der Waals surface area contributed by atoms with Gasteiger partial charge in [-0.05, 0) is 50.1 Å². The lowest BCUT2D eigenvalue weighted by Crippen LogP contribution is -2.39. The second-order valence-corrected chi connectivity index (χ2v) is 9.11. The van der Waals surface area contributed by atoms with Crippen molar-refractivity contribution in [3.8, 4) is 17.1 Å². The molecule has 1 aliphatic heterocycles. The van der Waals surface area contributed by atoms with E-state index in [0.717, 1.165) is 22.4 Å². The molecule has 2 heterocycles. The summed E-state index contributed by atoms with van der Waals surface area (Å²) < 4.78 is 1.93. The molecule has 31 heavy (non-hydrogen) atoms. The van der Waals surface area contributed by atoms with E-state index >= 15 is 0 Å². The third-order valence-corrected chi connectivity index (χ3v) is 6.47. The highest BCUT2D eigenvalue weighted by atomic mass is 35.5. The van der Waals surface area contributed by atoms with Gasteiger partial charge in [0, 0.05) is 18.7 Å². The number of carbonyl (C=O) groups is 2. The standard InChI is InChI=1S/C22H22ClN5O2S/c1-13-8-9-14(2)18(12-13)28-19(16-6-4-5-7-17(16)23)25-26-22(28)31-15(3)20(29)27-11-10-24-21(27)30/h4-9,12,15H,10-11H2,1-3H3,(H,24,30)/t15-/m1/s1. The van der Waals surface area contributed by atoms with Crippen molar-refractivity contribution in [2.45, 2.75) is 31.2 Å². The first kappa shape index (κ1) is 21.4. The number of amides is 3. The van der Waals surface area contributed by atoms with Crippen LogP contribution in [-0.4, -0.2) is 49.9 Å². The molecule has 1 atom stereocenters. The van der Waals surface area contributed by atoms with Crippen LogP contribution in [0.15, 0.2) is 47.6 Å². The van der Waals surface area contributed by atoms with Crippen LogP contribution in [0, 0.1) is 13.8 Å². The molecule has 1 aliphatic rings. The van der Waals surface area contributed by atoms with Crippen molar-refractivity contribution in [1.29, 1.82) is 0 Å². The number of aryl methyl sites for hydroxylation is 2. The van der Waals surface area contributed by atoms with Crippen molar-refractivity contribution in [1.82, 2.24) is 25.0 Å². The van der Waals surface area contributed by atoms with Gasteiger partial charge in [-0.25, -0.2) is 4.79 Å². The van der Waals surface area contributed by atoms with E-state index in [2.05, 4.69) is 21.6 Å². The minimum absolute atomic E-state index is 0.255. The zero-order valence-electron chi connectivity index (χ0n) is 17.4. The average molecular weight is 456 g/mol. The van der Waals surface area contributed by atoms with E-state index in [9.17, 15) is 9.59 Å². The number of nitrogens with one attached hydrogen (secondary N) is 1. The number of hydrogen-bond donors (Lipinski definition) is 1. The van der Waals surface area contributed by atoms with Gasteiger partial charge in [0.2, 0.25) is 5.91 Å². The first-order valence-corrected chi connectivity index (χ1v) is 11.2. The summed E-state index contributed by atoms with van der Waals surface area (Å²) in [6.07, 6.45) is 0. The van der Waals surface area contributed by atoms with E-state index in [1.165, 1.54) is 16.7 Å². The van der Waals surface area contributed by atoms with Crippen LogP contribution in [0.4, 0.5) is 4.79 Å². The minimum Gasteiger partial charge on any atom is -0.336 e. The molecule has 7 nitrogen and oxygen atoms in total. The van der Waals surface area contributed by atoms with E-state index in [1.807, 2.05) is 54.8 Å². The predicted molar refractivity (Wildman–Crippen MR) is 122 cm³/mol. The Morgan fingerprint density at radius 3 is 2.68 bits per heavy atom. The van der Waals surface area contributed by atoms with Crippen LogP contribution < -0.4 is 5.32 Å². The Morgan fingerprint density at radius 1 is 1.19 bits per heavy atom. The highest BCUT2D eigenvalue weighted by Crippen LogP contribution is 2.34. The van der Waals surface area contributed by atoms with Crippen molar-refractivity contribution in [2.75, 3.05) is 13.1 Å². The summed E-state index contributed by atoms with van der Waals surface area (Å²) in [5.74, 6) is 0.343.